The summed E-state index contributed by atoms with van der Waals surface area (Å²) in [6.45, 7) is 1.12. The monoisotopic (exact) mass is 199 g/mol. The Morgan fingerprint density at radius 1 is 1.50 bits per heavy atom. The van der Waals surface area contributed by atoms with Crippen molar-refractivity contribution in [3.05, 3.63) is 35.4 Å². The molecular formula is C10H11F2NO. The van der Waals surface area contributed by atoms with Gasteiger partial charge < -0.3 is 5.32 Å². The van der Waals surface area contributed by atoms with Gasteiger partial charge in [-0.25, -0.2) is 8.78 Å². The fraction of sp³-hybridized carbons (Fsp3) is 0.300. The summed E-state index contributed by atoms with van der Waals surface area (Å²) in [5.74, 6) is -2.84. The van der Waals surface area contributed by atoms with Crippen molar-refractivity contribution < 1.29 is 13.6 Å². The van der Waals surface area contributed by atoms with E-state index in [1.807, 2.05) is 0 Å². The lowest BCUT2D eigenvalue weighted by Gasteiger charge is -2.11. The first-order valence-electron chi connectivity index (χ1n) is 4.18. The van der Waals surface area contributed by atoms with Crippen molar-refractivity contribution in [2.75, 3.05) is 0 Å². The topological polar surface area (TPSA) is 29.1 Å². The van der Waals surface area contributed by atoms with E-state index in [0.29, 0.717) is 12.0 Å². The second-order valence-electron chi connectivity index (χ2n) is 3.09. The van der Waals surface area contributed by atoms with Gasteiger partial charge in [0, 0.05) is 19.0 Å². The number of rotatable bonds is 4. The van der Waals surface area contributed by atoms with Gasteiger partial charge in [0.25, 0.3) is 5.92 Å². The van der Waals surface area contributed by atoms with Crippen molar-refractivity contribution in [3.63, 3.8) is 0 Å². The van der Waals surface area contributed by atoms with Crippen LogP contribution in [0, 0.1) is 0 Å². The minimum Gasteiger partial charge on any atom is -0.355 e. The lowest BCUT2D eigenvalue weighted by Crippen LogP contribution is -2.12. The number of benzene rings is 1. The quantitative estimate of drug-likeness (QED) is 0.739. The highest BCUT2D eigenvalue weighted by Crippen LogP contribution is 2.27. The minimum absolute atomic E-state index is 0.0392. The SMILES string of the molecule is CC(F)(F)c1cccc(CNC=O)c1. The number of halogens is 2. The van der Waals surface area contributed by atoms with Crippen molar-refractivity contribution in [3.8, 4) is 0 Å². The average molecular weight is 199 g/mol. The van der Waals surface area contributed by atoms with Crippen LogP contribution in [0.3, 0.4) is 0 Å². The molecule has 1 rings (SSSR count). The Kier molecular flexibility index (Phi) is 3.17. The molecular weight excluding hydrogens is 188 g/mol. The molecule has 4 heteroatoms. The Labute approximate surface area is 80.9 Å². The van der Waals surface area contributed by atoms with Gasteiger partial charge in [-0.05, 0) is 11.6 Å². The molecule has 0 heterocycles. The van der Waals surface area contributed by atoms with Crippen LogP contribution in [0.4, 0.5) is 8.78 Å². The van der Waals surface area contributed by atoms with E-state index < -0.39 is 5.92 Å². The zero-order valence-electron chi connectivity index (χ0n) is 7.76. The largest absolute Gasteiger partial charge is 0.355 e. The number of carbonyl (C=O) groups is 1. The number of carbonyl (C=O) groups excluding carboxylic acids is 1. The fourth-order valence-electron chi connectivity index (χ4n) is 1.11. The molecule has 0 aliphatic carbocycles. The van der Waals surface area contributed by atoms with Crippen LogP contribution in [0.1, 0.15) is 18.1 Å². The molecule has 14 heavy (non-hydrogen) atoms. The Morgan fingerprint density at radius 3 is 2.79 bits per heavy atom. The van der Waals surface area contributed by atoms with Gasteiger partial charge in [0.15, 0.2) is 0 Å². The highest BCUT2D eigenvalue weighted by atomic mass is 19.3. The molecule has 0 aromatic heterocycles. The molecule has 0 saturated heterocycles. The third-order valence-corrected chi connectivity index (χ3v) is 1.82. The van der Waals surface area contributed by atoms with E-state index in [9.17, 15) is 13.6 Å². The van der Waals surface area contributed by atoms with E-state index in [-0.39, 0.29) is 12.1 Å². The van der Waals surface area contributed by atoms with Crippen LogP contribution in [-0.2, 0) is 17.3 Å². The highest BCUT2D eigenvalue weighted by molar-refractivity contribution is 5.46. The summed E-state index contributed by atoms with van der Waals surface area (Å²) in [5, 5.41) is 2.42. The van der Waals surface area contributed by atoms with Crippen LogP contribution in [-0.4, -0.2) is 6.41 Å². The lowest BCUT2D eigenvalue weighted by molar-refractivity contribution is -0.109. The van der Waals surface area contributed by atoms with Gasteiger partial charge in [-0.15, -0.1) is 0 Å². The number of amides is 1. The second-order valence-corrected chi connectivity index (χ2v) is 3.09. The number of nitrogens with one attached hydrogen (secondary N) is 1. The summed E-state index contributed by atoms with van der Waals surface area (Å²) in [5.41, 5.74) is 0.624. The minimum atomic E-state index is -2.84. The maximum absolute atomic E-state index is 12.9. The number of hydrogen-bond acceptors (Lipinski definition) is 1. The van der Waals surface area contributed by atoms with Crippen molar-refractivity contribution >= 4 is 6.41 Å². The maximum atomic E-state index is 12.9. The molecule has 1 N–H and O–H groups in total. The van der Waals surface area contributed by atoms with E-state index in [1.54, 1.807) is 12.1 Å². The van der Waals surface area contributed by atoms with Gasteiger partial charge in [0.05, 0.1) is 0 Å². The predicted octanol–water partition coefficient (Wildman–Crippen LogP) is 2.04. The van der Waals surface area contributed by atoms with Crippen LogP contribution >= 0.6 is 0 Å². The first-order valence-corrected chi connectivity index (χ1v) is 4.18. The normalized spacial score (nSPS) is 11.1. The molecule has 0 unspecified atom stereocenters. The van der Waals surface area contributed by atoms with E-state index in [4.69, 9.17) is 0 Å². The third-order valence-electron chi connectivity index (χ3n) is 1.82. The van der Waals surface area contributed by atoms with E-state index >= 15 is 0 Å². The number of hydrogen-bond donors (Lipinski definition) is 1. The Hall–Kier alpha value is -1.45. The van der Waals surface area contributed by atoms with Crippen LogP contribution in [0.15, 0.2) is 24.3 Å². The van der Waals surface area contributed by atoms with Crippen molar-refractivity contribution in [2.24, 2.45) is 0 Å². The van der Waals surface area contributed by atoms with Crippen LogP contribution < -0.4 is 5.32 Å². The van der Waals surface area contributed by atoms with Gasteiger partial charge in [-0.3, -0.25) is 4.79 Å². The maximum Gasteiger partial charge on any atom is 0.270 e. The van der Waals surface area contributed by atoms with Crippen LogP contribution in [0.2, 0.25) is 0 Å². The summed E-state index contributed by atoms with van der Waals surface area (Å²) in [6, 6.07) is 5.99. The molecule has 0 bridgehead atoms. The molecule has 0 saturated carbocycles. The zero-order valence-corrected chi connectivity index (χ0v) is 7.76. The summed E-state index contributed by atoms with van der Waals surface area (Å²) < 4.78 is 25.7. The Morgan fingerprint density at radius 2 is 2.21 bits per heavy atom. The van der Waals surface area contributed by atoms with Crippen molar-refractivity contribution in [1.29, 1.82) is 0 Å². The van der Waals surface area contributed by atoms with E-state index in [1.165, 1.54) is 12.1 Å². The Bertz CT molecular complexity index is 320. The first-order chi connectivity index (χ1) is 6.54. The summed E-state index contributed by atoms with van der Waals surface area (Å²) in [7, 11) is 0. The first kappa shape index (κ1) is 10.6. The summed E-state index contributed by atoms with van der Waals surface area (Å²) >= 11 is 0. The third kappa shape index (κ3) is 2.80. The average Bonchev–Trinajstić information content (AvgIpc) is 2.14. The second kappa shape index (κ2) is 4.17. The molecule has 1 aromatic carbocycles. The van der Waals surface area contributed by atoms with Crippen LogP contribution in [0.25, 0.3) is 0 Å². The molecule has 0 aliphatic rings. The fourth-order valence-corrected chi connectivity index (χ4v) is 1.11. The van der Waals surface area contributed by atoms with Gasteiger partial charge in [-0.2, -0.15) is 0 Å². The molecule has 2 nitrogen and oxygen atoms in total. The zero-order chi connectivity index (χ0) is 10.6. The van der Waals surface area contributed by atoms with E-state index in [2.05, 4.69) is 5.32 Å². The molecule has 1 aromatic rings. The molecule has 0 aliphatic heterocycles. The molecule has 0 atom stereocenters. The molecule has 0 spiro atoms. The van der Waals surface area contributed by atoms with Gasteiger partial charge in [0.2, 0.25) is 6.41 Å². The lowest BCUT2D eigenvalue weighted by atomic mass is 10.1. The standard InChI is InChI=1S/C10H11F2NO/c1-10(11,12)9-4-2-3-8(5-9)6-13-7-14/h2-5,7H,6H2,1H3,(H,13,14). The van der Waals surface area contributed by atoms with Crippen molar-refractivity contribution in [1.82, 2.24) is 5.32 Å². The number of alkyl halides is 2. The van der Waals surface area contributed by atoms with E-state index in [0.717, 1.165) is 6.92 Å². The van der Waals surface area contributed by atoms with Gasteiger partial charge >= 0.3 is 0 Å². The summed E-state index contributed by atoms with van der Waals surface area (Å²) in [4.78, 5) is 10.0. The summed E-state index contributed by atoms with van der Waals surface area (Å²) in [6.07, 6.45) is 0.538. The van der Waals surface area contributed by atoms with Gasteiger partial charge in [0.1, 0.15) is 0 Å². The molecule has 76 valence electrons. The molecule has 0 fully saturated rings. The Balaban J connectivity index is 2.84. The molecule has 0 radical (unpaired) electrons. The van der Waals surface area contributed by atoms with Crippen LogP contribution in [0.5, 0.6) is 0 Å². The van der Waals surface area contributed by atoms with Gasteiger partial charge in [-0.1, -0.05) is 18.2 Å². The molecule has 1 amide bonds. The smallest absolute Gasteiger partial charge is 0.270 e. The highest BCUT2D eigenvalue weighted by Gasteiger charge is 2.23. The predicted molar refractivity (Wildman–Crippen MR) is 48.9 cm³/mol. The van der Waals surface area contributed by atoms with Crippen molar-refractivity contribution in [2.45, 2.75) is 19.4 Å².